The van der Waals surface area contributed by atoms with E-state index in [0.29, 0.717) is 34.8 Å². The molecule has 1 saturated heterocycles. The quantitative estimate of drug-likeness (QED) is 0.274. The van der Waals surface area contributed by atoms with Gasteiger partial charge in [0, 0.05) is 47.3 Å². The molecular weight excluding hydrogens is 424 g/mol. The van der Waals surface area contributed by atoms with Crippen molar-refractivity contribution < 1.29 is 19.3 Å². The van der Waals surface area contributed by atoms with Crippen molar-refractivity contribution in [2.24, 2.45) is 4.99 Å². The lowest BCUT2D eigenvalue weighted by Gasteiger charge is -2.29. The standard InChI is InChI=1S/C24H32N4O5/c1-16-21(18(3)26-33-14-13-27-11-6-5-7-12-27)23(22(17(2)25-16)24(29)32-4)19-9-8-10-20(15-19)28(30)31/h8-10,15,23,26H,5-7,11-14H2,1-4H3/b21-18+. The summed E-state index contributed by atoms with van der Waals surface area (Å²) in [5, 5.41) is 11.4. The first kappa shape index (κ1) is 24.6. The molecule has 2 aliphatic rings. The van der Waals surface area contributed by atoms with Crippen molar-refractivity contribution in [1.29, 1.82) is 0 Å². The summed E-state index contributed by atoms with van der Waals surface area (Å²) in [5.74, 6) is -1.09. The van der Waals surface area contributed by atoms with E-state index in [0.717, 1.165) is 25.2 Å². The summed E-state index contributed by atoms with van der Waals surface area (Å²) < 4.78 is 5.04. The number of nitro groups is 1. The molecule has 2 aliphatic heterocycles. The second kappa shape index (κ2) is 11.2. The van der Waals surface area contributed by atoms with Crippen LogP contribution < -0.4 is 5.48 Å². The molecular formula is C24H32N4O5. The van der Waals surface area contributed by atoms with E-state index in [9.17, 15) is 14.9 Å². The first-order chi connectivity index (χ1) is 15.8. The highest BCUT2D eigenvalue weighted by Gasteiger charge is 2.35. The number of non-ortho nitro benzene ring substituents is 1. The number of hydrogen-bond acceptors (Lipinski definition) is 8. The number of aliphatic imine (C=N–C) groups is 1. The summed E-state index contributed by atoms with van der Waals surface area (Å²) in [6, 6.07) is 6.31. The Kier molecular flexibility index (Phi) is 8.35. The molecule has 1 N–H and O–H groups in total. The SMILES string of the molecule is COC(=O)C1=C(C)N=C(C)/C(=C(/C)NOCCN2CCCCC2)C1c1cccc([N+](=O)[O-])c1. The minimum Gasteiger partial charge on any atom is -0.466 e. The third kappa shape index (κ3) is 5.85. The van der Waals surface area contributed by atoms with Crippen LogP contribution in [0.1, 0.15) is 51.5 Å². The van der Waals surface area contributed by atoms with Crippen LogP contribution in [0.5, 0.6) is 0 Å². The fourth-order valence-corrected chi connectivity index (χ4v) is 4.52. The molecule has 1 unspecified atom stereocenters. The number of nitro benzene ring substituents is 1. The molecule has 0 amide bonds. The van der Waals surface area contributed by atoms with E-state index in [1.54, 1.807) is 19.1 Å². The van der Waals surface area contributed by atoms with Crippen LogP contribution in [0.15, 0.2) is 51.8 Å². The minimum absolute atomic E-state index is 0.0442. The van der Waals surface area contributed by atoms with Crippen LogP contribution in [0.2, 0.25) is 0 Å². The number of allylic oxidation sites excluding steroid dienone is 3. The van der Waals surface area contributed by atoms with Gasteiger partial charge in [-0.3, -0.25) is 25.4 Å². The average Bonchev–Trinajstić information content (AvgIpc) is 2.81. The van der Waals surface area contributed by atoms with E-state index in [2.05, 4.69) is 15.4 Å². The molecule has 9 nitrogen and oxygen atoms in total. The maximum Gasteiger partial charge on any atom is 0.336 e. The van der Waals surface area contributed by atoms with Crippen LogP contribution in [0.3, 0.4) is 0 Å². The van der Waals surface area contributed by atoms with Gasteiger partial charge in [-0.15, -0.1) is 0 Å². The van der Waals surface area contributed by atoms with Crippen LogP contribution in [-0.2, 0) is 14.4 Å². The molecule has 33 heavy (non-hydrogen) atoms. The number of piperidine rings is 1. The molecule has 1 aromatic rings. The fraction of sp³-hybridized carbons (Fsp3) is 0.500. The Hall–Kier alpha value is -3.04. The van der Waals surface area contributed by atoms with Gasteiger partial charge in [-0.25, -0.2) is 4.79 Å². The number of benzene rings is 1. The summed E-state index contributed by atoms with van der Waals surface area (Å²) in [7, 11) is 1.32. The Balaban J connectivity index is 1.91. The highest BCUT2D eigenvalue weighted by atomic mass is 16.6. The summed E-state index contributed by atoms with van der Waals surface area (Å²) in [6.45, 7) is 9.00. The van der Waals surface area contributed by atoms with Gasteiger partial charge in [0.1, 0.15) is 0 Å². The zero-order chi connectivity index (χ0) is 24.0. The molecule has 0 aromatic heterocycles. The van der Waals surface area contributed by atoms with Gasteiger partial charge in [0.25, 0.3) is 5.69 Å². The largest absolute Gasteiger partial charge is 0.466 e. The molecule has 0 bridgehead atoms. The fourth-order valence-electron chi connectivity index (χ4n) is 4.52. The Morgan fingerprint density at radius 2 is 2.00 bits per heavy atom. The van der Waals surface area contributed by atoms with Crippen molar-refractivity contribution >= 4 is 17.4 Å². The summed E-state index contributed by atoms with van der Waals surface area (Å²) in [6.07, 6.45) is 3.73. The zero-order valence-corrected chi connectivity index (χ0v) is 19.7. The van der Waals surface area contributed by atoms with Crippen molar-refractivity contribution in [3.63, 3.8) is 0 Å². The highest BCUT2D eigenvalue weighted by molar-refractivity contribution is 6.06. The number of carbonyl (C=O) groups excluding carboxylic acids is 1. The number of carbonyl (C=O) groups is 1. The van der Waals surface area contributed by atoms with E-state index in [-0.39, 0.29) is 5.69 Å². The smallest absolute Gasteiger partial charge is 0.336 e. The molecule has 1 fully saturated rings. The maximum atomic E-state index is 12.7. The molecule has 2 heterocycles. The number of methoxy groups -OCH3 is 1. The van der Waals surface area contributed by atoms with E-state index in [4.69, 9.17) is 9.57 Å². The second-order valence-corrected chi connectivity index (χ2v) is 8.36. The third-order valence-corrected chi connectivity index (χ3v) is 6.10. The van der Waals surface area contributed by atoms with Gasteiger partial charge >= 0.3 is 5.97 Å². The molecule has 1 aromatic carbocycles. The molecule has 3 rings (SSSR count). The monoisotopic (exact) mass is 456 g/mol. The number of ether oxygens (including phenoxy) is 1. The van der Waals surface area contributed by atoms with Crippen LogP contribution in [0.25, 0.3) is 0 Å². The number of nitrogens with one attached hydrogen (secondary N) is 1. The molecule has 0 saturated carbocycles. The van der Waals surface area contributed by atoms with Crippen LogP contribution >= 0.6 is 0 Å². The Morgan fingerprint density at radius 3 is 2.67 bits per heavy atom. The van der Waals surface area contributed by atoms with Crippen LogP contribution in [0, 0.1) is 10.1 Å². The highest BCUT2D eigenvalue weighted by Crippen LogP contribution is 2.40. The summed E-state index contributed by atoms with van der Waals surface area (Å²) in [4.78, 5) is 36.4. The van der Waals surface area contributed by atoms with Crippen molar-refractivity contribution in [2.75, 3.05) is 33.4 Å². The van der Waals surface area contributed by atoms with Gasteiger partial charge in [0.15, 0.2) is 0 Å². The lowest BCUT2D eigenvalue weighted by Crippen LogP contribution is -2.34. The Labute approximate surface area is 194 Å². The van der Waals surface area contributed by atoms with Crippen molar-refractivity contribution in [2.45, 2.75) is 46.0 Å². The normalized spacial score (nSPS) is 20.8. The number of likely N-dealkylation sites (tertiary alicyclic amines) is 1. The molecule has 9 heteroatoms. The number of hydrogen-bond donors (Lipinski definition) is 1. The maximum absolute atomic E-state index is 12.7. The predicted octanol–water partition coefficient (Wildman–Crippen LogP) is 3.88. The van der Waals surface area contributed by atoms with Crippen molar-refractivity contribution in [1.82, 2.24) is 10.4 Å². The van der Waals surface area contributed by atoms with E-state index in [1.165, 1.54) is 38.5 Å². The van der Waals surface area contributed by atoms with Gasteiger partial charge in [0.05, 0.1) is 24.2 Å². The molecule has 1 atom stereocenters. The number of esters is 1. The van der Waals surface area contributed by atoms with Crippen molar-refractivity contribution in [3.05, 3.63) is 62.5 Å². The average molecular weight is 457 g/mol. The Morgan fingerprint density at radius 1 is 1.27 bits per heavy atom. The third-order valence-electron chi connectivity index (χ3n) is 6.10. The van der Waals surface area contributed by atoms with Gasteiger partial charge < -0.3 is 9.64 Å². The van der Waals surface area contributed by atoms with E-state index in [1.807, 2.05) is 13.8 Å². The lowest BCUT2D eigenvalue weighted by molar-refractivity contribution is -0.384. The minimum atomic E-state index is -0.576. The van der Waals surface area contributed by atoms with Crippen LogP contribution in [0.4, 0.5) is 5.69 Å². The van der Waals surface area contributed by atoms with Crippen LogP contribution in [-0.4, -0.2) is 54.9 Å². The summed E-state index contributed by atoms with van der Waals surface area (Å²) >= 11 is 0. The first-order valence-corrected chi connectivity index (χ1v) is 11.2. The molecule has 0 spiro atoms. The molecule has 0 radical (unpaired) electrons. The van der Waals surface area contributed by atoms with Gasteiger partial charge in [-0.1, -0.05) is 18.6 Å². The zero-order valence-electron chi connectivity index (χ0n) is 19.7. The Bertz CT molecular complexity index is 992. The van der Waals surface area contributed by atoms with Gasteiger partial charge in [-0.2, -0.15) is 0 Å². The van der Waals surface area contributed by atoms with E-state index < -0.39 is 16.8 Å². The number of hydroxylamine groups is 1. The lowest BCUT2D eigenvalue weighted by atomic mass is 9.79. The number of nitrogens with zero attached hydrogens (tertiary/aromatic N) is 3. The first-order valence-electron chi connectivity index (χ1n) is 11.2. The van der Waals surface area contributed by atoms with Gasteiger partial charge in [-0.05, 0) is 52.3 Å². The van der Waals surface area contributed by atoms with Crippen molar-refractivity contribution in [3.8, 4) is 0 Å². The topological polar surface area (TPSA) is 106 Å². The summed E-state index contributed by atoms with van der Waals surface area (Å²) in [5.41, 5.74) is 6.61. The van der Waals surface area contributed by atoms with Gasteiger partial charge in [0.2, 0.25) is 0 Å². The predicted molar refractivity (Wildman–Crippen MR) is 126 cm³/mol. The molecule has 0 aliphatic carbocycles. The molecule has 178 valence electrons. The second-order valence-electron chi connectivity index (χ2n) is 8.36. The van der Waals surface area contributed by atoms with E-state index >= 15 is 0 Å². The number of rotatable bonds is 8.